The van der Waals surface area contributed by atoms with Gasteiger partial charge in [0.2, 0.25) is 0 Å². The van der Waals surface area contributed by atoms with Crippen LogP contribution in [0, 0.1) is 13.8 Å². The molecule has 0 aliphatic rings. The summed E-state index contributed by atoms with van der Waals surface area (Å²) in [6, 6.07) is 76.9. The van der Waals surface area contributed by atoms with Gasteiger partial charge in [0.15, 0.2) is 23.3 Å². The predicted octanol–water partition coefficient (Wildman–Crippen LogP) is 14.7. The Bertz CT molecular complexity index is 3500. The molecule has 0 fully saturated rings. The summed E-state index contributed by atoms with van der Waals surface area (Å²) in [5.74, 6) is 3.11. The predicted molar refractivity (Wildman–Crippen MR) is 275 cm³/mol. The van der Waals surface area contributed by atoms with Gasteiger partial charge in [-0.1, -0.05) is 200 Å². The lowest BCUT2D eigenvalue weighted by Crippen LogP contribution is -2.02. The number of benzene rings is 8. The Morgan fingerprint density at radius 3 is 1.22 bits per heavy atom. The SMILES string of the molecule is Cc1cc(-c2cccc(-c3cccc(-c4cc(-c5cccc(-c6ccccc6)c5)nc(-c5ccccc5)n4)c3)c2-c2ccccc2-c2nc(-c3ccccc3)nc(-c3ccccc3)n2)nc(C)n1. The Labute approximate surface area is 395 Å². The molecular weight excluding hydrogens is 831 g/mol. The summed E-state index contributed by atoms with van der Waals surface area (Å²) < 4.78 is 0. The summed E-state index contributed by atoms with van der Waals surface area (Å²) in [6.07, 6.45) is 0. The van der Waals surface area contributed by atoms with Crippen molar-refractivity contribution in [3.05, 3.63) is 236 Å². The summed E-state index contributed by atoms with van der Waals surface area (Å²) in [6.45, 7) is 3.95. The maximum absolute atomic E-state index is 5.25. The van der Waals surface area contributed by atoms with Crippen LogP contribution in [0.2, 0.25) is 0 Å². The normalized spacial score (nSPS) is 11.1. The van der Waals surface area contributed by atoms with Crippen LogP contribution in [-0.4, -0.2) is 34.9 Å². The zero-order valence-electron chi connectivity index (χ0n) is 37.5. The Kier molecular flexibility index (Phi) is 11.3. The second kappa shape index (κ2) is 18.4. The van der Waals surface area contributed by atoms with Gasteiger partial charge in [-0.2, -0.15) is 0 Å². The first kappa shape index (κ1) is 41.6. The van der Waals surface area contributed by atoms with E-state index in [1.54, 1.807) is 0 Å². The van der Waals surface area contributed by atoms with Crippen LogP contribution in [0.3, 0.4) is 0 Å². The van der Waals surface area contributed by atoms with Crippen LogP contribution >= 0.6 is 0 Å². The van der Waals surface area contributed by atoms with E-state index in [-0.39, 0.29) is 0 Å². The molecule has 0 unspecified atom stereocenters. The van der Waals surface area contributed by atoms with Gasteiger partial charge in [0.25, 0.3) is 0 Å². The highest BCUT2D eigenvalue weighted by atomic mass is 15.0. The van der Waals surface area contributed by atoms with E-state index < -0.39 is 0 Å². The zero-order chi connectivity index (χ0) is 45.8. The standard InChI is InChI=1S/C61H43N7/c1-40-36-56(63-41(2)62-40)53-35-19-34-50(57(53)51-32-15-16-33-52(51)61-67-59(44-24-11-5-12-25-44)66-60(68-61)45-26-13-6-14-27-45)47-29-18-31-49(38-47)55-39-54(64-58(65-55)43-22-9-4-10-23-43)48-30-17-28-46(37-48)42-20-7-3-8-21-42/h3-39H,1-2H3. The number of aromatic nitrogens is 7. The van der Waals surface area contributed by atoms with Gasteiger partial charge in [-0.3, -0.25) is 0 Å². The fourth-order valence-electron chi connectivity index (χ4n) is 8.77. The number of hydrogen-bond acceptors (Lipinski definition) is 7. The average molecular weight is 874 g/mol. The molecule has 8 aromatic carbocycles. The maximum atomic E-state index is 5.25. The first-order chi connectivity index (χ1) is 33.5. The molecule has 0 bridgehead atoms. The van der Waals surface area contributed by atoms with E-state index >= 15 is 0 Å². The van der Waals surface area contributed by atoms with Crippen molar-refractivity contribution >= 4 is 0 Å². The van der Waals surface area contributed by atoms with E-state index in [0.717, 1.165) is 95.1 Å². The van der Waals surface area contributed by atoms with Crippen molar-refractivity contribution in [3.63, 3.8) is 0 Å². The number of rotatable bonds is 10. The van der Waals surface area contributed by atoms with E-state index in [2.05, 4.69) is 138 Å². The van der Waals surface area contributed by atoms with Gasteiger partial charge in [-0.05, 0) is 71.5 Å². The fraction of sp³-hybridized carbons (Fsp3) is 0.0328. The van der Waals surface area contributed by atoms with Gasteiger partial charge in [-0.25, -0.2) is 34.9 Å². The van der Waals surface area contributed by atoms with Gasteiger partial charge < -0.3 is 0 Å². The van der Waals surface area contributed by atoms with Crippen molar-refractivity contribution in [1.82, 2.24) is 34.9 Å². The van der Waals surface area contributed by atoms with Crippen LogP contribution in [0.15, 0.2) is 224 Å². The summed E-state index contributed by atoms with van der Waals surface area (Å²) in [5.41, 5.74) is 16.2. The zero-order valence-corrected chi connectivity index (χ0v) is 37.5. The molecule has 11 aromatic rings. The minimum absolute atomic E-state index is 0.566. The van der Waals surface area contributed by atoms with Gasteiger partial charge in [0.1, 0.15) is 5.82 Å². The van der Waals surface area contributed by atoms with Gasteiger partial charge in [0.05, 0.1) is 17.1 Å². The minimum atomic E-state index is 0.566. The molecule has 0 N–H and O–H groups in total. The molecule has 0 saturated carbocycles. The average Bonchev–Trinajstić information content (AvgIpc) is 3.41. The molecule has 0 aliphatic carbocycles. The number of hydrogen-bond donors (Lipinski definition) is 0. The topological polar surface area (TPSA) is 90.2 Å². The Morgan fingerprint density at radius 2 is 0.647 bits per heavy atom. The summed E-state index contributed by atoms with van der Waals surface area (Å²) in [5, 5.41) is 0. The van der Waals surface area contributed by atoms with Crippen LogP contribution in [-0.2, 0) is 0 Å². The van der Waals surface area contributed by atoms with Crippen LogP contribution in [0.25, 0.3) is 113 Å². The van der Waals surface area contributed by atoms with Crippen LogP contribution in [0.4, 0.5) is 0 Å². The molecule has 11 rings (SSSR count). The molecule has 3 aromatic heterocycles. The van der Waals surface area contributed by atoms with Crippen molar-refractivity contribution in [3.8, 4) is 113 Å². The second-order valence-electron chi connectivity index (χ2n) is 16.6. The van der Waals surface area contributed by atoms with Gasteiger partial charge >= 0.3 is 0 Å². The maximum Gasteiger partial charge on any atom is 0.164 e. The lowest BCUT2D eigenvalue weighted by molar-refractivity contribution is 1.02. The molecular formula is C61H43N7. The third-order valence-electron chi connectivity index (χ3n) is 11.9. The Balaban J connectivity index is 1.11. The van der Waals surface area contributed by atoms with Crippen molar-refractivity contribution in [1.29, 1.82) is 0 Å². The summed E-state index contributed by atoms with van der Waals surface area (Å²) in [4.78, 5) is 35.5. The largest absolute Gasteiger partial charge is 0.239 e. The third-order valence-corrected chi connectivity index (χ3v) is 11.9. The molecule has 0 atom stereocenters. The molecule has 0 amide bonds. The molecule has 68 heavy (non-hydrogen) atoms. The van der Waals surface area contributed by atoms with Gasteiger partial charge in [-0.15, -0.1) is 0 Å². The van der Waals surface area contributed by atoms with Crippen LogP contribution < -0.4 is 0 Å². The van der Waals surface area contributed by atoms with Gasteiger partial charge in [0, 0.05) is 44.6 Å². The summed E-state index contributed by atoms with van der Waals surface area (Å²) >= 11 is 0. The van der Waals surface area contributed by atoms with E-state index in [4.69, 9.17) is 29.9 Å². The summed E-state index contributed by atoms with van der Waals surface area (Å²) in [7, 11) is 0. The molecule has 322 valence electrons. The van der Waals surface area contributed by atoms with Crippen LogP contribution in [0.1, 0.15) is 11.5 Å². The Morgan fingerprint density at radius 1 is 0.235 bits per heavy atom. The lowest BCUT2D eigenvalue weighted by Gasteiger charge is -2.19. The van der Waals surface area contributed by atoms with Crippen molar-refractivity contribution in [2.45, 2.75) is 13.8 Å². The number of aryl methyl sites for hydroxylation is 2. The van der Waals surface area contributed by atoms with Crippen LogP contribution in [0.5, 0.6) is 0 Å². The molecule has 0 saturated heterocycles. The monoisotopic (exact) mass is 873 g/mol. The first-order valence-electron chi connectivity index (χ1n) is 22.6. The second-order valence-corrected chi connectivity index (χ2v) is 16.6. The Hall–Kier alpha value is -9.07. The minimum Gasteiger partial charge on any atom is -0.239 e. The number of nitrogens with zero attached hydrogens (tertiary/aromatic N) is 7. The highest BCUT2D eigenvalue weighted by Gasteiger charge is 2.22. The molecule has 7 heteroatoms. The van der Waals surface area contributed by atoms with Crippen molar-refractivity contribution in [2.75, 3.05) is 0 Å². The third kappa shape index (κ3) is 8.60. The fourth-order valence-corrected chi connectivity index (χ4v) is 8.77. The van der Waals surface area contributed by atoms with E-state index in [9.17, 15) is 0 Å². The molecule has 0 spiro atoms. The van der Waals surface area contributed by atoms with E-state index in [1.807, 2.05) is 105 Å². The quantitative estimate of drug-likeness (QED) is 0.135. The molecule has 7 nitrogen and oxygen atoms in total. The highest BCUT2D eigenvalue weighted by molar-refractivity contribution is 5.99. The highest BCUT2D eigenvalue weighted by Crippen LogP contribution is 2.44. The van der Waals surface area contributed by atoms with Crippen molar-refractivity contribution in [2.24, 2.45) is 0 Å². The smallest absolute Gasteiger partial charge is 0.164 e. The van der Waals surface area contributed by atoms with Crippen molar-refractivity contribution < 1.29 is 0 Å². The lowest BCUT2D eigenvalue weighted by atomic mass is 9.86. The first-order valence-corrected chi connectivity index (χ1v) is 22.6. The van der Waals surface area contributed by atoms with E-state index in [0.29, 0.717) is 29.1 Å². The molecule has 0 radical (unpaired) electrons. The molecule has 0 aliphatic heterocycles. The van der Waals surface area contributed by atoms with E-state index in [1.165, 1.54) is 0 Å². The molecule has 3 heterocycles.